The van der Waals surface area contributed by atoms with E-state index in [1.807, 2.05) is 0 Å². The molecule has 0 aliphatic heterocycles. The Kier molecular flexibility index (Phi) is 3.12. The van der Waals surface area contributed by atoms with E-state index in [1.165, 1.54) is 0 Å². The summed E-state index contributed by atoms with van der Waals surface area (Å²) in [5.41, 5.74) is 7.50. The van der Waals surface area contributed by atoms with Crippen molar-refractivity contribution in [1.82, 2.24) is 4.98 Å². The minimum absolute atomic E-state index is 0.384. The number of nitrogen functional groups attached to an aromatic ring is 1. The van der Waals surface area contributed by atoms with Crippen LogP contribution in [-0.4, -0.2) is 4.98 Å². The highest BCUT2D eigenvalue weighted by molar-refractivity contribution is 9.11. The fraction of sp³-hybridized carbons (Fsp3) is 0.375. The molecule has 0 atom stereocenters. The molecule has 1 aromatic rings. The second kappa shape index (κ2) is 3.75. The smallest absolute Gasteiger partial charge is 0.0637 e. The van der Waals surface area contributed by atoms with Gasteiger partial charge in [-0.2, -0.15) is 0 Å². The first-order valence-electron chi connectivity index (χ1n) is 3.63. The maximum atomic E-state index is 5.79. The third-order valence-electron chi connectivity index (χ3n) is 1.58. The van der Waals surface area contributed by atoms with Crippen LogP contribution >= 0.6 is 31.9 Å². The zero-order chi connectivity index (χ0) is 9.30. The fourth-order valence-electron chi connectivity index (χ4n) is 0.898. The molecule has 0 aliphatic carbocycles. The molecule has 0 aromatic carbocycles. The van der Waals surface area contributed by atoms with E-state index in [4.69, 9.17) is 5.73 Å². The summed E-state index contributed by atoms with van der Waals surface area (Å²) in [4.78, 5) is 4.26. The normalized spacial score (nSPS) is 10.8. The molecule has 0 amide bonds. The average molecular weight is 294 g/mol. The summed E-state index contributed by atoms with van der Waals surface area (Å²) in [6.07, 6.45) is 1.73. The number of rotatable bonds is 1. The molecule has 2 N–H and O–H groups in total. The summed E-state index contributed by atoms with van der Waals surface area (Å²) in [5, 5.41) is 0. The zero-order valence-corrected chi connectivity index (χ0v) is 10.1. The van der Waals surface area contributed by atoms with E-state index >= 15 is 0 Å². The fourth-order valence-corrected chi connectivity index (χ4v) is 2.24. The highest BCUT2D eigenvalue weighted by Crippen LogP contribution is 2.32. The number of hydrogen-bond donors (Lipinski definition) is 1. The number of aromatic nitrogens is 1. The van der Waals surface area contributed by atoms with Crippen molar-refractivity contribution in [2.45, 2.75) is 19.8 Å². The lowest BCUT2D eigenvalue weighted by Gasteiger charge is -2.09. The van der Waals surface area contributed by atoms with Crippen LogP contribution in [0.1, 0.15) is 25.5 Å². The Morgan fingerprint density at radius 2 is 2.00 bits per heavy atom. The van der Waals surface area contributed by atoms with Crippen LogP contribution in [0.25, 0.3) is 0 Å². The molecule has 0 spiro atoms. The topological polar surface area (TPSA) is 38.9 Å². The molecule has 1 heterocycles. The second-order valence-corrected chi connectivity index (χ2v) is 4.52. The van der Waals surface area contributed by atoms with Gasteiger partial charge in [-0.15, -0.1) is 0 Å². The maximum absolute atomic E-state index is 5.79. The van der Waals surface area contributed by atoms with Crippen LogP contribution in [0.3, 0.4) is 0 Å². The minimum atomic E-state index is 0.384. The number of anilines is 1. The SMILES string of the molecule is CC(C)c1ncc(Br)c(N)c1Br. The van der Waals surface area contributed by atoms with E-state index in [0.29, 0.717) is 11.6 Å². The van der Waals surface area contributed by atoms with Crippen LogP contribution in [-0.2, 0) is 0 Å². The molecule has 1 aromatic heterocycles. The third-order valence-corrected chi connectivity index (χ3v) is 3.05. The van der Waals surface area contributed by atoms with Gasteiger partial charge < -0.3 is 5.73 Å². The van der Waals surface area contributed by atoms with E-state index < -0.39 is 0 Å². The molecular formula is C8H10Br2N2. The van der Waals surface area contributed by atoms with Gasteiger partial charge in [0.05, 0.1) is 20.3 Å². The van der Waals surface area contributed by atoms with E-state index in [-0.39, 0.29) is 0 Å². The predicted molar refractivity (Wildman–Crippen MR) is 58.1 cm³/mol. The molecule has 0 saturated heterocycles. The predicted octanol–water partition coefficient (Wildman–Crippen LogP) is 3.31. The maximum Gasteiger partial charge on any atom is 0.0637 e. The molecular weight excluding hydrogens is 284 g/mol. The quantitative estimate of drug-likeness (QED) is 0.863. The summed E-state index contributed by atoms with van der Waals surface area (Å²) in [5.74, 6) is 0.384. The standard InChI is InChI=1S/C8H10Br2N2/c1-4(2)8-6(10)7(11)5(9)3-12-8/h3-4H,1-2H3,(H2,11,12). The van der Waals surface area contributed by atoms with Crippen LogP contribution in [0.4, 0.5) is 5.69 Å². The Balaban J connectivity index is 3.27. The minimum Gasteiger partial charge on any atom is -0.397 e. The van der Waals surface area contributed by atoms with E-state index in [2.05, 4.69) is 50.7 Å². The first-order valence-corrected chi connectivity index (χ1v) is 5.22. The first kappa shape index (κ1) is 9.99. The van der Waals surface area contributed by atoms with Crippen molar-refractivity contribution in [1.29, 1.82) is 0 Å². The van der Waals surface area contributed by atoms with Gasteiger partial charge in [-0.05, 0) is 37.8 Å². The van der Waals surface area contributed by atoms with E-state index in [0.717, 1.165) is 14.6 Å². The van der Waals surface area contributed by atoms with Crippen molar-refractivity contribution in [3.8, 4) is 0 Å². The Hall–Kier alpha value is -0.0900. The lowest BCUT2D eigenvalue weighted by molar-refractivity contribution is 0.816. The van der Waals surface area contributed by atoms with Gasteiger partial charge in [-0.25, -0.2) is 0 Å². The summed E-state index contributed by atoms with van der Waals surface area (Å²) >= 11 is 6.73. The molecule has 66 valence electrons. The Morgan fingerprint density at radius 3 is 2.50 bits per heavy atom. The number of halogens is 2. The first-order chi connectivity index (χ1) is 5.54. The van der Waals surface area contributed by atoms with Crippen LogP contribution in [0, 0.1) is 0 Å². The number of pyridine rings is 1. The number of hydrogen-bond acceptors (Lipinski definition) is 2. The molecule has 0 fully saturated rings. The van der Waals surface area contributed by atoms with Crippen molar-refractivity contribution in [3.05, 3.63) is 20.8 Å². The van der Waals surface area contributed by atoms with Gasteiger partial charge in [0, 0.05) is 6.20 Å². The summed E-state index contributed by atoms with van der Waals surface area (Å²) in [7, 11) is 0. The zero-order valence-electron chi connectivity index (χ0n) is 6.94. The monoisotopic (exact) mass is 292 g/mol. The third kappa shape index (κ3) is 1.80. The second-order valence-electron chi connectivity index (χ2n) is 2.87. The van der Waals surface area contributed by atoms with Gasteiger partial charge in [-0.3, -0.25) is 4.98 Å². The van der Waals surface area contributed by atoms with Crippen LogP contribution in [0.2, 0.25) is 0 Å². The molecule has 4 heteroatoms. The molecule has 1 rings (SSSR count). The van der Waals surface area contributed by atoms with E-state index in [1.54, 1.807) is 6.20 Å². The van der Waals surface area contributed by atoms with Crippen molar-refractivity contribution >= 4 is 37.5 Å². The Morgan fingerprint density at radius 1 is 1.42 bits per heavy atom. The molecule has 0 aliphatic rings. The van der Waals surface area contributed by atoms with Gasteiger partial charge in [0.15, 0.2) is 0 Å². The number of nitrogens with zero attached hydrogens (tertiary/aromatic N) is 1. The van der Waals surface area contributed by atoms with Gasteiger partial charge in [0.2, 0.25) is 0 Å². The van der Waals surface area contributed by atoms with Crippen LogP contribution < -0.4 is 5.73 Å². The highest BCUT2D eigenvalue weighted by atomic mass is 79.9. The number of nitrogens with two attached hydrogens (primary N) is 1. The summed E-state index contributed by atoms with van der Waals surface area (Å²) in [6, 6.07) is 0. The Bertz CT molecular complexity index is 297. The van der Waals surface area contributed by atoms with Crippen LogP contribution in [0.5, 0.6) is 0 Å². The van der Waals surface area contributed by atoms with Gasteiger partial charge >= 0.3 is 0 Å². The summed E-state index contributed by atoms with van der Waals surface area (Å²) < 4.78 is 1.73. The molecule has 12 heavy (non-hydrogen) atoms. The largest absolute Gasteiger partial charge is 0.397 e. The lowest BCUT2D eigenvalue weighted by atomic mass is 10.1. The highest BCUT2D eigenvalue weighted by Gasteiger charge is 2.10. The molecule has 0 radical (unpaired) electrons. The van der Waals surface area contributed by atoms with Crippen molar-refractivity contribution in [2.75, 3.05) is 5.73 Å². The molecule has 2 nitrogen and oxygen atoms in total. The van der Waals surface area contributed by atoms with Crippen molar-refractivity contribution < 1.29 is 0 Å². The lowest BCUT2D eigenvalue weighted by Crippen LogP contribution is -1.98. The molecule has 0 unspecified atom stereocenters. The van der Waals surface area contributed by atoms with Gasteiger partial charge in [0.1, 0.15) is 0 Å². The van der Waals surface area contributed by atoms with E-state index in [9.17, 15) is 0 Å². The average Bonchev–Trinajstić information content (AvgIpc) is 2.00. The summed E-state index contributed by atoms with van der Waals surface area (Å²) in [6.45, 7) is 4.17. The van der Waals surface area contributed by atoms with Gasteiger partial charge in [0.25, 0.3) is 0 Å². The Labute approximate surface area is 88.8 Å². The van der Waals surface area contributed by atoms with Gasteiger partial charge in [-0.1, -0.05) is 13.8 Å². The molecule has 0 saturated carbocycles. The van der Waals surface area contributed by atoms with Crippen molar-refractivity contribution in [2.24, 2.45) is 0 Å². The van der Waals surface area contributed by atoms with Crippen LogP contribution in [0.15, 0.2) is 15.1 Å². The molecule has 0 bridgehead atoms. The van der Waals surface area contributed by atoms with Crippen molar-refractivity contribution in [3.63, 3.8) is 0 Å².